The molecule has 0 aromatic carbocycles. The fourth-order valence-electron chi connectivity index (χ4n) is 2.83. The molecule has 0 bridgehead atoms. The highest BCUT2D eigenvalue weighted by Gasteiger charge is 2.36. The van der Waals surface area contributed by atoms with Crippen LogP contribution in [0.5, 0.6) is 0 Å². The minimum absolute atomic E-state index is 0.792. The minimum Gasteiger partial charge on any atom is -0.384 e. The smallest absolute Gasteiger partial charge is 0.0505 e. The number of hydrogen-bond donors (Lipinski definition) is 1. The van der Waals surface area contributed by atoms with Crippen LogP contribution in [0.25, 0.3) is 0 Å². The van der Waals surface area contributed by atoms with Gasteiger partial charge in [0.2, 0.25) is 0 Å². The summed E-state index contributed by atoms with van der Waals surface area (Å²) in [6, 6.07) is 0.818. The molecule has 2 fully saturated rings. The van der Waals surface area contributed by atoms with Crippen LogP contribution in [0.3, 0.4) is 0 Å². The molecule has 1 N–H and O–H groups in total. The first kappa shape index (κ1) is 8.52. The van der Waals surface area contributed by atoms with Crippen LogP contribution in [0, 0.1) is 11.8 Å². The van der Waals surface area contributed by atoms with E-state index in [1.165, 1.54) is 32.2 Å². The Morgan fingerprint density at radius 3 is 3.00 bits per heavy atom. The van der Waals surface area contributed by atoms with E-state index in [1.54, 1.807) is 0 Å². The van der Waals surface area contributed by atoms with Crippen molar-refractivity contribution in [3.8, 4) is 0 Å². The van der Waals surface area contributed by atoms with Crippen molar-refractivity contribution in [2.24, 2.45) is 11.8 Å². The Kier molecular flexibility index (Phi) is 2.66. The zero-order valence-electron chi connectivity index (χ0n) is 7.88. The molecule has 1 aliphatic carbocycles. The van der Waals surface area contributed by atoms with Crippen LogP contribution in [0.15, 0.2) is 0 Å². The topological polar surface area (TPSA) is 21.3 Å². The highest BCUT2D eigenvalue weighted by Crippen LogP contribution is 2.34. The third-order valence-electron chi connectivity index (χ3n) is 3.45. The first-order valence-corrected chi connectivity index (χ1v) is 5.14. The molecule has 0 aromatic heterocycles. The van der Waals surface area contributed by atoms with Gasteiger partial charge >= 0.3 is 0 Å². The highest BCUT2D eigenvalue weighted by molar-refractivity contribution is 4.92. The summed E-state index contributed by atoms with van der Waals surface area (Å²) in [5.74, 6) is 1.71. The summed E-state index contributed by atoms with van der Waals surface area (Å²) in [5.41, 5.74) is 0. The van der Waals surface area contributed by atoms with E-state index in [9.17, 15) is 0 Å². The Balaban J connectivity index is 1.92. The summed E-state index contributed by atoms with van der Waals surface area (Å²) in [6.07, 6.45) is 5.67. The molecule has 2 aliphatic rings. The highest BCUT2D eigenvalue weighted by atomic mass is 16.5. The van der Waals surface area contributed by atoms with Gasteiger partial charge in [-0.3, -0.25) is 0 Å². The molecule has 1 aliphatic heterocycles. The second-order valence-electron chi connectivity index (χ2n) is 4.18. The van der Waals surface area contributed by atoms with Gasteiger partial charge in [-0.25, -0.2) is 0 Å². The first-order valence-electron chi connectivity index (χ1n) is 5.14. The Bertz CT molecular complexity index is 149. The van der Waals surface area contributed by atoms with Crippen molar-refractivity contribution in [2.45, 2.75) is 31.7 Å². The second-order valence-corrected chi connectivity index (χ2v) is 4.18. The van der Waals surface area contributed by atoms with E-state index in [0.29, 0.717) is 0 Å². The normalized spacial score (nSPS) is 41.2. The van der Waals surface area contributed by atoms with Gasteiger partial charge in [0.25, 0.3) is 0 Å². The molecule has 0 amide bonds. The van der Waals surface area contributed by atoms with Crippen molar-refractivity contribution in [3.05, 3.63) is 0 Å². The van der Waals surface area contributed by atoms with Gasteiger partial charge < -0.3 is 10.1 Å². The summed E-state index contributed by atoms with van der Waals surface area (Å²) in [4.78, 5) is 0. The van der Waals surface area contributed by atoms with Gasteiger partial charge in [0, 0.05) is 19.7 Å². The molecule has 2 heteroatoms. The van der Waals surface area contributed by atoms with Gasteiger partial charge in [0.1, 0.15) is 0 Å². The van der Waals surface area contributed by atoms with Crippen molar-refractivity contribution in [3.63, 3.8) is 0 Å². The van der Waals surface area contributed by atoms with Crippen molar-refractivity contribution < 1.29 is 4.74 Å². The SMILES string of the molecule is COCC1CNC2CCCCC12. The molecule has 1 saturated carbocycles. The van der Waals surface area contributed by atoms with Crippen LogP contribution < -0.4 is 5.32 Å². The lowest BCUT2D eigenvalue weighted by Crippen LogP contribution is -2.30. The van der Waals surface area contributed by atoms with E-state index in [2.05, 4.69) is 5.32 Å². The second kappa shape index (κ2) is 3.75. The van der Waals surface area contributed by atoms with Crippen LogP contribution in [-0.2, 0) is 4.74 Å². The summed E-state index contributed by atoms with van der Waals surface area (Å²) >= 11 is 0. The fourth-order valence-corrected chi connectivity index (χ4v) is 2.83. The molecule has 70 valence electrons. The average molecular weight is 169 g/mol. The molecule has 0 spiro atoms. The minimum atomic E-state index is 0.792. The largest absolute Gasteiger partial charge is 0.384 e. The maximum absolute atomic E-state index is 5.23. The van der Waals surface area contributed by atoms with E-state index in [0.717, 1.165) is 24.5 Å². The van der Waals surface area contributed by atoms with E-state index in [4.69, 9.17) is 4.74 Å². The van der Waals surface area contributed by atoms with Gasteiger partial charge in [-0.2, -0.15) is 0 Å². The molecule has 1 saturated heterocycles. The predicted octanol–water partition coefficient (Wildman–Crippen LogP) is 1.41. The van der Waals surface area contributed by atoms with Crippen LogP contribution in [0.1, 0.15) is 25.7 Å². The zero-order valence-corrected chi connectivity index (χ0v) is 7.88. The number of fused-ring (bicyclic) bond motifs is 1. The molecule has 3 unspecified atom stereocenters. The quantitative estimate of drug-likeness (QED) is 0.675. The molecule has 3 atom stereocenters. The van der Waals surface area contributed by atoms with Crippen molar-refractivity contribution in [2.75, 3.05) is 20.3 Å². The van der Waals surface area contributed by atoms with Crippen LogP contribution in [0.4, 0.5) is 0 Å². The monoisotopic (exact) mass is 169 g/mol. The standard InChI is InChI=1S/C10H19NO/c1-12-7-8-6-11-10-5-3-2-4-9(8)10/h8-11H,2-7H2,1H3. The predicted molar refractivity (Wildman–Crippen MR) is 49.1 cm³/mol. The molecular weight excluding hydrogens is 150 g/mol. The molecular formula is C10H19NO. The van der Waals surface area contributed by atoms with Gasteiger partial charge in [0.15, 0.2) is 0 Å². The lowest BCUT2D eigenvalue weighted by Gasteiger charge is -2.27. The first-order chi connectivity index (χ1) is 5.92. The van der Waals surface area contributed by atoms with Crippen molar-refractivity contribution in [1.29, 1.82) is 0 Å². The summed E-state index contributed by atoms with van der Waals surface area (Å²) in [7, 11) is 1.82. The van der Waals surface area contributed by atoms with Crippen LogP contribution >= 0.6 is 0 Å². The molecule has 0 aromatic rings. The maximum Gasteiger partial charge on any atom is 0.0505 e. The number of nitrogens with one attached hydrogen (secondary N) is 1. The average Bonchev–Trinajstić information content (AvgIpc) is 2.50. The van der Waals surface area contributed by atoms with Crippen LogP contribution in [0.2, 0.25) is 0 Å². The van der Waals surface area contributed by atoms with E-state index in [-0.39, 0.29) is 0 Å². The fraction of sp³-hybridized carbons (Fsp3) is 1.00. The zero-order chi connectivity index (χ0) is 8.39. The Morgan fingerprint density at radius 1 is 1.33 bits per heavy atom. The Hall–Kier alpha value is -0.0800. The summed E-state index contributed by atoms with van der Waals surface area (Å²) in [5, 5.41) is 3.61. The molecule has 0 radical (unpaired) electrons. The third kappa shape index (κ3) is 1.50. The summed E-state index contributed by atoms with van der Waals surface area (Å²) < 4.78 is 5.23. The van der Waals surface area contributed by atoms with Crippen molar-refractivity contribution in [1.82, 2.24) is 5.32 Å². The molecule has 1 heterocycles. The third-order valence-corrected chi connectivity index (χ3v) is 3.45. The van der Waals surface area contributed by atoms with E-state index in [1.807, 2.05) is 7.11 Å². The lowest BCUT2D eigenvalue weighted by molar-refractivity contribution is 0.125. The van der Waals surface area contributed by atoms with Crippen LogP contribution in [-0.4, -0.2) is 26.3 Å². The number of rotatable bonds is 2. The molecule has 12 heavy (non-hydrogen) atoms. The van der Waals surface area contributed by atoms with Gasteiger partial charge in [-0.15, -0.1) is 0 Å². The van der Waals surface area contributed by atoms with Crippen molar-refractivity contribution >= 4 is 0 Å². The Labute approximate surface area is 74.7 Å². The number of hydrogen-bond acceptors (Lipinski definition) is 2. The van der Waals surface area contributed by atoms with E-state index < -0.39 is 0 Å². The molecule has 2 nitrogen and oxygen atoms in total. The van der Waals surface area contributed by atoms with E-state index >= 15 is 0 Å². The summed E-state index contributed by atoms with van der Waals surface area (Å²) in [6.45, 7) is 2.14. The number of ether oxygens (including phenoxy) is 1. The Morgan fingerprint density at radius 2 is 2.17 bits per heavy atom. The van der Waals surface area contributed by atoms with Gasteiger partial charge in [0.05, 0.1) is 6.61 Å². The van der Waals surface area contributed by atoms with Gasteiger partial charge in [-0.1, -0.05) is 12.8 Å². The maximum atomic E-state index is 5.23. The van der Waals surface area contributed by atoms with Gasteiger partial charge in [-0.05, 0) is 24.7 Å². The number of methoxy groups -OCH3 is 1. The lowest BCUT2D eigenvalue weighted by atomic mass is 9.80. The molecule has 2 rings (SSSR count).